The highest BCUT2D eigenvalue weighted by atomic mass is 14.8. The zero-order valence-electron chi connectivity index (χ0n) is 13.6. The van der Waals surface area contributed by atoms with Crippen LogP contribution >= 0.6 is 0 Å². The molecule has 2 aromatic rings. The molecule has 0 atom stereocenters. The zero-order chi connectivity index (χ0) is 16.5. The van der Waals surface area contributed by atoms with Gasteiger partial charge >= 0.3 is 0 Å². The third kappa shape index (κ3) is 3.01. The maximum absolute atomic E-state index is 6.39. The Labute approximate surface area is 141 Å². The lowest BCUT2D eigenvalue weighted by Gasteiger charge is -2.31. The van der Waals surface area contributed by atoms with Gasteiger partial charge in [-0.2, -0.15) is 0 Å². The number of pyridine rings is 1. The van der Waals surface area contributed by atoms with Crippen LogP contribution in [0.3, 0.4) is 0 Å². The Morgan fingerprint density at radius 1 is 1.17 bits per heavy atom. The number of fused-ring (bicyclic) bond motifs is 1. The molecule has 4 N–H and O–H groups in total. The molecule has 0 aliphatic heterocycles. The number of hydrogen-bond acceptors (Lipinski definition) is 6. The van der Waals surface area contributed by atoms with E-state index in [4.69, 9.17) is 16.5 Å². The molecule has 2 fully saturated rings. The number of aromatic nitrogens is 3. The van der Waals surface area contributed by atoms with Crippen molar-refractivity contribution in [1.29, 1.82) is 0 Å². The molecule has 24 heavy (non-hydrogen) atoms. The highest BCUT2D eigenvalue weighted by Gasteiger charge is 2.29. The number of aliphatic imine (C=N–C) groups is 1. The summed E-state index contributed by atoms with van der Waals surface area (Å²) in [6, 6.07) is 2.31. The second kappa shape index (κ2) is 6.28. The van der Waals surface area contributed by atoms with Crippen molar-refractivity contribution in [2.45, 2.75) is 31.7 Å². The summed E-state index contributed by atoms with van der Waals surface area (Å²) >= 11 is 0. The summed E-state index contributed by atoms with van der Waals surface area (Å²) in [5.41, 5.74) is 16.3. The molecule has 0 amide bonds. The van der Waals surface area contributed by atoms with Crippen LogP contribution in [-0.4, -0.2) is 33.8 Å². The van der Waals surface area contributed by atoms with Gasteiger partial charge < -0.3 is 11.5 Å². The van der Waals surface area contributed by atoms with Gasteiger partial charge in [0.05, 0.1) is 23.4 Å². The van der Waals surface area contributed by atoms with Crippen LogP contribution in [0.15, 0.2) is 35.3 Å². The molecular weight excluding hydrogens is 300 g/mol. The Hall–Kier alpha value is -2.34. The SMILES string of the molecule is NCC1CC(N=CC(=C(N)C2CC2)c2cc3nccnc3cn2)C1. The fraction of sp³-hybridized carbons (Fsp3) is 0.444. The molecule has 0 bridgehead atoms. The standard InChI is InChI=1S/C18H22N6/c19-8-11-5-13(6-11)23-9-14(18(20)12-1-2-12)15-7-16-17(10-24-15)22-4-3-21-16/h3-4,7,9-13H,1-2,5-6,8,19-20H2. The second-order valence-electron chi connectivity index (χ2n) is 6.76. The topological polar surface area (TPSA) is 103 Å². The molecule has 6 nitrogen and oxygen atoms in total. The lowest BCUT2D eigenvalue weighted by Crippen LogP contribution is -2.32. The van der Waals surface area contributed by atoms with Crippen molar-refractivity contribution >= 4 is 22.8 Å². The molecule has 2 heterocycles. The van der Waals surface area contributed by atoms with Crippen molar-refractivity contribution in [2.75, 3.05) is 6.54 Å². The predicted molar refractivity (Wildman–Crippen MR) is 95.2 cm³/mol. The third-order valence-corrected chi connectivity index (χ3v) is 4.92. The summed E-state index contributed by atoms with van der Waals surface area (Å²) in [5, 5.41) is 0. The Morgan fingerprint density at radius 3 is 2.62 bits per heavy atom. The Balaban J connectivity index is 1.65. The van der Waals surface area contributed by atoms with E-state index < -0.39 is 0 Å². The number of allylic oxidation sites excluding steroid dienone is 2. The molecule has 2 aromatic heterocycles. The van der Waals surface area contributed by atoms with E-state index in [1.165, 1.54) is 0 Å². The van der Waals surface area contributed by atoms with E-state index in [2.05, 4.69) is 15.0 Å². The summed E-state index contributed by atoms with van der Waals surface area (Å²) in [6.07, 6.45) is 11.5. The van der Waals surface area contributed by atoms with Crippen molar-refractivity contribution in [2.24, 2.45) is 28.3 Å². The third-order valence-electron chi connectivity index (χ3n) is 4.92. The van der Waals surface area contributed by atoms with Gasteiger partial charge in [0, 0.05) is 29.9 Å². The molecule has 6 heteroatoms. The minimum Gasteiger partial charge on any atom is -0.401 e. The average Bonchev–Trinajstić information content (AvgIpc) is 3.41. The normalized spacial score (nSPS) is 24.9. The first-order chi connectivity index (χ1) is 11.7. The number of rotatable bonds is 5. The van der Waals surface area contributed by atoms with Crippen LogP contribution in [0.5, 0.6) is 0 Å². The molecule has 124 valence electrons. The zero-order valence-corrected chi connectivity index (χ0v) is 13.6. The van der Waals surface area contributed by atoms with E-state index in [1.807, 2.05) is 12.3 Å². The summed E-state index contributed by atoms with van der Waals surface area (Å²) < 4.78 is 0. The molecule has 0 unspecified atom stereocenters. The molecule has 0 aromatic carbocycles. The van der Waals surface area contributed by atoms with Crippen LogP contribution in [0, 0.1) is 11.8 Å². The molecule has 4 rings (SSSR count). The van der Waals surface area contributed by atoms with Crippen molar-refractivity contribution in [1.82, 2.24) is 15.0 Å². The summed E-state index contributed by atoms with van der Waals surface area (Å²) in [4.78, 5) is 17.9. The first-order valence-corrected chi connectivity index (χ1v) is 8.54. The van der Waals surface area contributed by atoms with Crippen molar-refractivity contribution < 1.29 is 0 Å². The van der Waals surface area contributed by atoms with E-state index in [1.54, 1.807) is 18.6 Å². The second-order valence-corrected chi connectivity index (χ2v) is 6.76. The molecule has 2 aliphatic carbocycles. The number of hydrogen-bond donors (Lipinski definition) is 2. The van der Waals surface area contributed by atoms with Gasteiger partial charge in [0.25, 0.3) is 0 Å². The fourth-order valence-electron chi connectivity index (χ4n) is 3.11. The number of nitrogens with zero attached hydrogens (tertiary/aromatic N) is 4. The van der Waals surface area contributed by atoms with Gasteiger partial charge in [0.15, 0.2) is 0 Å². The smallest absolute Gasteiger partial charge is 0.107 e. The van der Waals surface area contributed by atoms with E-state index in [-0.39, 0.29) is 0 Å². The minimum atomic E-state index is 0.362. The lowest BCUT2D eigenvalue weighted by atomic mass is 9.81. The summed E-state index contributed by atoms with van der Waals surface area (Å²) in [6.45, 7) is 0.754. The minimum absolute atomic E-state index is 0.362. The van der Waals surface area contributed by atoms with Crippen LogP contribution in [0.2, 0.25) is 0 Å². The van der Waals surface area contributed by atoms with Gasteiger partial charge in [-0.05, 0) is 50.1 Å². The summed E-state index contributed by atoms with van der Waals surface area (Å²) in [5.74, 6) is 1.08. The van der Waals surface area contributed by atoms with Crippen molar-refractivity contribution in [3.05, 3.63) is 36.0 Å². The number of nitrogens with two attached hydrogens (primary N) is 2. The van der Waals surface area contributed by atoms with Crippen LogP contribution in [0.25, 0.3) is 16.6 Å². The molecular formula is C18H22N6. The molecule has 2 aliphatic rings. The molecule has 2 saturated carbocycles. The Morgan fingerprint density at radius 2 is 1.92 bits per heavy atom. The molecule has 0 spiro atoms. The largest absolute Gasteiger partial charge is 0.401 e. The van der Waals surface area contributed by atoms with Gasteiger partial charge in [-0.3, -0.25) is 19.9 Å². The van der Waals surface area contributed by atoms with Gasteiger partial charge in [0.2, 0.25) is 0 Å². The van der Waals surface area contributed by atoms with Gasteiger partial charge in [-0.1, -0.05) is 0 Å². The van der Waals surface area contributed by atoms with E-state index in [0.717, 1.165) is 60.2 Å². The first-order valence-electron chi connectivity index (χ1n) is 8.54. The van der Waals surface area contributed by atoms with Gasteiger partial charge in [-0.25, -0.2) is 0 Å². The van der Waals surface area contributed by atoms with Crippen LogP contribution in [-0.2, 0) is 0 Å². The van der Waals surface area contributed by atoms with E-state index in [9.17, 15) is 0 Å². The van der Waals surface area contributed by atoms with Gasteiger partial charge in [0.1, 0.15) is 5.52 Å². The van der Waals surface area contributed by atoms with E-state index >= 15 is 0 Å². The maximum atomic E-state index is 6.39. The first kappa shape index (κ1) is 15.2. The quantitative estimate of drug-likeness (QED) is 0.819. The van der Waals surface area contributed by atoms with Crippen LogP contribution < -0.4 is 11.5 Å². The fourth-order valence-corrected chi connectivity index (χ4v) is 3.11. The average molecular weight is 322 g/mol. The highest BCUT2D eigenvalue weighted by molar-refractivity contribution is 6.11. The Kier molecular flexibility index (Phi) is 3.98. The molecule has 0 saturated heterocycles. The van der Waals surface area contributed by atoms with Crippen LogP contribution in [0.4, 0.5) is 0 Å². The predicted octanol–water partition coefficient (Wildman–Crippen LogP) is 1.91. The van der Waals surface area contributed by atoms with Crippen LogP contribution in [0.1, 0.15) is 31.4 Å². The van der Waals surface area contributed by atoms with Crippen molar-refractivity contribution in [3.63, 3.8) is 0 Å². The Bertz CT molecular complexity index is 802. The van der Waals surface area contributed by atoms with Crippen molar-refractivity contribution in [3.8, 4) is 0 Å². The maximum Gasteiger partial charge on any atom is 0.107 e. The lowest BCUT2D eigenvalue weighted by molar-refractivity contribution is 0.276. The highest BCUT2D eigenvalue weighted by Crippen LogP contribution is 2.37. The monoisotopic (exact) mass is 322 g/mol. The van der Waals surface area contributed by atoms with Gasteiger partial charge in [-0.15, -0.1) is 0 Å². The molecule has 0 radical (unpaired) electrons. The van der Waals surface area contributed by atoms with E-state index in [0.29, 0.717) is 17.9 Å². The summed E-state index contributed by atoms with van der Waals surface area (Å²) in [7, 11) is 0.